The Hall–Kier alpha value is -2.98. The normalized spacial score (nSPS) is 17.3. The first-order valence-corrected chi connectivity index (χ1v) is 9.67. The molecule has 0 bridgehead atoms. The molecule has 4 nitrogen and oxygen atoms in total. The maximum atomic E-state index is 12.7. The van der Waals surface area contributed by atoms with Crippen LogP contribution in [0.4, 0.5) is 0 Å². The van der Waals surface area contributed by atoms with Gasteiger partial charge in [0, 0.05) is 24.6 Å². The summed E-state index contributed by atoms with van der Waals surface area (Å²) >= 11 is 0. The van der Waals surface area contributed by atoms with E-state index in [1.54, 1.807) is 17.2 Å². The fourth-order valence-corrected chi connectivity index (χ4v) is 4.17. The molecule has 2 heterocycles. The van der Waals surface area contributed by atoms with Crippen LogP contribution in [0.3, 0.4) is 0 Å². The van der Waals surface area contributed by atoms with Crippen LogP contribution in [-0.4, -0.2) is 34.0 Å². The molecule has 0 saturated carbocycles. The van der Waals surface area contributed by atoms with Gasteiger partial charge < -0.3 is 10.0 Å². The molecule has 1 atom stereocenters. The van der Waals surface area contributed by atoms with Crippen molar-refractivity contribution in [1.29, 1.82) is 0 Å². The fourth-order valence-electron chi connectivity index (χ4n) is 4.17. The van der Waals surface area contributed by atoms with Gasteiger partial charge in [0.05, 0.1) is 12.2 Å². The van der Waals surface area contributed by atoms with E-state index in [0.717, 1.165) is 6.42 Å². The number of likely N-dealkylation sites (tertiary alicyclic amines) is 1. The minimum absolute atomic E-state index is 0.0810. The SMILES string of the molecule is O=C1CCC(c2ccccc2)(c2ccccc2)CN1C[C@@H](O)c1ccccn1. The maximum absolute atomic E-state index is 12.7. The van der Waals surface area contributed by atoms with Crippen molar-refractivity contribution in [2.24, 2.45) is 0 Å². The molecular weight excluding hydrogens is 348 g/mol. The van der Waals surface area contributed by atoms with Gasteiger partial charge in [-0.3, -0.25) is 9.78 Å². The van der Waals surface area contributed by atoms with Crippen molar-refractivity contribution in [3.8, 4) is 0 Å². The summed E-state index contributed by atoms with van der Waals surface area (Å²) in [7, 11) is 0. The van der Waals surface area contributed by atoms with Gasteiger partial charge in [0.2, 0.25) is 5.91 Å². The van der Waals surface area contributed by atoms with Crippen molar-refractivity contribution in [2.45, 2.75) is 24.4 Å². The Morgan fingerprint density at radius 1 is 0.929 bits per heavy atom. The third kappa shape index (κ3) is 3.56. The van der Waals surface area contributed by atoms with Crippen LogP contribution < -0.4 is 0 Å². The number of benzene rings is 2. The monoisotopic (exact) mass is 372 g/mol. The number of carbonyl (C=O) groups excluding carboxylic acids is 1. The number of β-amino-alcohol motifs (C(OH)–C–C–N with tert-alkyl or cyclic N) is 1. The van der Waals surface area contributed by atoms with Crippen molar-refractivity contribution in [3.63, 3.8) is 0 Å². The quantitative estimate of drug-likeness (QED) is 0.743. The first-order valence-electron chi connectivity index (χ1n) is 9.67. The van der Waals surface area contributed by atoms with E-state index < -0.39 is 6.10 Å². The Morgan fingerprint density at radius 3 is 2.11 bits per heavy atom. The highest BCUT2D eigenvalue weighted by atomic mass is 16.3. The molecule has 0 radical (unpaired) electrons. The molecule has 3 aromatic rings. The molecule has 1 N–H and O–H groups in total. The highest BCUT2D eigenvalue weighted by Gasteiger charge is 2.41. The number of hydrogen-bond donors (Lipinski definition) is 1. The minimum atomic E-state index is -0.799. The molecule has 4 rings (SSSR count). The van der Waals surface area contributed by atoms with Gasteiger partial charge in [-0.2, -0.15) is 0 Å². The van der Waals surface area contributed by atoms with Crippen LogP contribution in [0, 0.1) is 0 Å². The van der Waals surface area contributed by atoms with Gasteiger partial charge in [-0.15, -0.1) is 0 Å². The predicted octanol–water partition coefficient (Wildman–Crippen LogP) is 3.72. The summed E-state index contributed by atoms with van der Waals surface area (Å²) in [5.74, 6) is 0.0810. The van der Waals surface area contributed by atoms with E-state index in [-0.39, 0.29) is 17.9 Å². The third-order valence-corrected chi connectivity index (χ3v) is 5.65. The molecule has 1 fully saturated rings. The van der Waals surface area contributed by atoms with E-state index in [1.165, 1.54) is 11.1 Å². The molecule has 142 valence electrons. The van der Waals surface area contributed by atoms with Crippen molar-refractivity contribution >= 4 is 5.91 Å². The number of piperidine rings is 1. The first kappa shape index (κ1) is 18.4. The lowest BCUT2D eigenvalue weighted by Crippen LogP contribution is -2.50. The Morgan fingerprint density at radius 2 is 1.54 bits per heavy atom. The number of aromatic nitrogens is 1. The van der Waals surface area contributed by atoms with Crippen molar-refractivity contribution in [2.75, 3.05) is 13.1 Å². The number of carbonyl (C=O) groups is 1. The Bertz CT molecular complexity index is 874. The number of nitrogens with zero attached hydrogens (tertiary/aromatic N) is 2. The van der Waals surface area contributed by atoms with E-state index in [9.17, 15) is 9.90 Å². The molecule has 0 aliphatic carbocycles. The van der Waals surface area contributed by atoms with Crippen LogP contribution in [0.5, 0.6) is 0 Å². The second-order valence-electron chi connectivity index (χ2n) is 7.36. The Kier molecular flexibility index (Phi) is 5.22. The molecule has 0 unspecified atom stereocenters. The minimum Gasteiger partial charge on any atom is -0.385 e. The summed E-state index contributed by atoms with van der Waals surface area (Å²) in [5.41, 5.74) is 2.71. The van der Waals surface area contributed by atoms with E-state index in [1.807, 2.05) is 48.5 Å². The summed E-state index contributed by atoms with van der Waals surface area (Å²) in [5, 5.41) is 10.6. The molecule has 1 aliphatic rings. The van der Waals surface area contributed by atoms with Gasteiger partial charge in [0.15, 0.2) is 0 Å². The number of aliphatic hydroxyl groups is 1. The molecule has 4 heteroatoms. The topological polar surface area (TPSA) is 53.4 Å². The lowest BCUT2D eigenvalue weighted by Gasteiger charge is -2.44. The number of aliphatic hydroxyl groups excluding tert-OH is 1. The number of rotatable bonds is 5. The third-order valence-electron chi connectivity index (χ3n) is 5.65. The van der Waals surface area contributed by atoms with Gasteiger partial charge >= 0.3 is 0 Å². The highest BCUT2D eigenvalue weighted by Crippen LogP contribution is 2.41. The smallest absolute Gasteiger partial charge is 0.222 e. The van der Waals surface area contributed by atoms with Crippen molar-refractivity contribution in [3.05, 3.63) is 102 Å². The van der Waals surface area contributed by atoms with E-state index in [4.69, 9.17) is 0 Å². The zero-order chi connectivity index (χ0) is 19.4. The van der Waals surface area contributed by atoms with Gasteiger partial charge in [0.1, 0.15) is 6.10 Å². The summed E-state index contributed by atoms with van der Waals surface area (Å²) in [6.45, 7) is 0.793. The standard InChI is InChI=1S/C24H24N2O2/c27-22(21-13-7-8-16-25-21)17-26-18-24(15-14-23(26)28,19-9-3-1-4-10-19)20-11-5-2-6-12-20/h1-13,16,22,27H,14-15,17-18H2/t22-/m1/s1. The summed E-state index contributed by atoms with van der Waals surface area (Å²) < 4.78 is 0. The summed E-state index contributed by atoms with van der Waals surface area (Å²) in [6, 6.07) is 26.2. The average Bonchev–Trinajstić information content (AvgIpc) is 2.77. The van der Waals surface area contributed by atoms with Crippen molar-refractivity contribution < 1.29 is 9.90 Å². The molecule has 1 aromatic heterocycles. The largest absolute Gasteiger partial charge is 0.385 e. The van der Waals surface area contributed by atoms with Crippen LogP contribution in [0.15, 0.2) is 85.1 Å². The van der Waals surface area contributed by atoms with Crippen LogP contribution in [0.1, 0.15) is 35.8 Å². The second kappa shape index (κ2) is 7.95. The van der Waals surface area contributed by atoms with E-state index in [2.05, 4.69) is 29.2 Å². The van der Waals surface area contributed by atoms with Gasteiger partial charge in [-0.25, -0.2) is 0 Å². The highest BCUT2D eigenvalue weighted by molar-refractivity contribution is 5.78. The lowest BCUT2D eigenvalue weighted by molar-refractivity contribution is -0.136. The van der Waals surface area contributed by atoms with Gasteiger partial charge in [0.25, 0.3) is 0 Å². The average molecular weight is 372 g/mol. The predicted molar refractivity (Wildman–Crippen MR) is 109 cm³/mol. The fraction of sp³-hybridized carbons (Fsp3) is 0.250. The molecule has 0 spiro atoms. The second-order valence-corrected chi connectivity index (χ2v) is 7.36. The Balaban J connectivity index is 1.67. The molecule has 28 heavy (non-hydrogen) atoms. The number of amides is 1. The summed E-state index contributed by atoms with van der Waals surface area (Å²) in [6.07, 6.45) is 2.08. The van der Waals surface area contributed by atoms with Crippen LogP contribution in [-0.2, 0) is 10.2 Å². The van der Waals surface area contributed by atoms with Crippen LogP contribution in [0.25, 0.3) is 0 Å². The lowest BCUT2D eigenvalue weighted by atomic mass is 9.69. The van der Waals surface area contributed by atoms with E-state index >= 15 is 0 Å². The van der Waals surface area contributed by atoms with Crippen molar-refractivity contribution in [1.82, 2.24) is 9.88 Å². The van der Waals surface area contributed by atoms with E-state index in [0.29, 0.717) is 18.7 Å². The number of hydrogen-bond acceptors (Lipinski definition) is 3. The van der Waals surface area contributed by atoms with Crippen LogP contribution >= 0.6 is 0 Å². The number of pyridine rings is 1. The molecule has 1 amide bonds. The summed E-state index contributed by atoms with van der Waals surface area (Å²) in [4.78, 5) is 18.7. The molecule has 1 aliphatic heterocycles. The zero-order valence-corrected chi connectivity index (χ0v) is 15.7. The molecule has 1 saturated heterocycles. The molecule has 2 aromatic carbocycles. The van der Waals surface area contributed by atoms with Gasteiger partial charge in [-0.1, -0.05) is 66.7 Å². The molecular formula is C24H24N2O2. The zero-order valence-electron chi connectivity index (χ0n) is 15.7. The Labute approximate surface area is 165 Å². The van der Waals surface area contributed by atoms with Gasteiger partial charge in [-0.05, 0) is 29.7 Å². The maximum Gasteiger partial charge on any atom is 0.222 e. The first-order chi connectivity index (χ1) is 13.7. The van der Waals surface area contributed by atoms with Crippen LogP contribution in [0.2, 0.25) is 0 Å².